The van der Waals surface area contributed by atoms with E-state index >= 15 is 0 Å². The SMILES string of the molecule is CCC(=O)N1CCCC(c2nc(N(C)C)ncc2-c2ccccc2F)C1. The van der Waals surface area contributed by atoms with Crippen molar-refractivity contribution in [1.29, 1.82) is 0 Å². The topological polar surface area (TPSA) is 49.3 Å². The number of hydrogen-bond acceptors (Lipinski definition) is 4. The fraction of sp³-hybridized carbons (Fsp3) is 0.450. The van der Waals surface area contributed by atoms with Crippen molar-refractivity contribution in [2.45, 2.75) is 32.1 Å². The van der Waals surface area contributed by atoms with Crippen molar-refractivity contribution in [3.63, 3.8) is 0 Å². The highest BCUT2D eigenvalue weighted by Crippen LogP contribution is 2.35. The van der Waals surface area contributed by atoms with Crippen LogP contribution in [0.5, 0.6) is 0 Å². The normalized spacial score (nSPS) is 17.2. The quantitative estimate of drug-likeness (QED) is 0.842. The zero-order valence-corrected chi connectivity index (χ0v) is 15.6. The molecular weight excluding hydrogens is 331 g/mol. The third-order valence-electron chi connectivity index (χ3n) is 4.83. The van der Waals surface area contributed by atoms with Crippen molar-refractivity contribution >= 4 is 11.9 Å². The summed E-state index contributed by atoms with van der Waals surface area (Å²) in [4.78, 5) is 25.0. The third kappa shape index (κ3) is 3.69. The zero-order chi connectivity index (χ0) is 18.7. The average molecular weight is 356 g/mol. The Morgan fingerprint density at radius 3 is 2.77 bits per heavy atom. The van der Waals surface area contributed by atoms with E-state index < -0.39 is 0 Å². The number of amides is 1. The zero-order valence-electron chi connectivity index (χ0n) is 15.6. The van der Waals surface area contributed by atoms with Crippen LogP contribution in [0.15, 0.2) is 30.5 Å². The molecule has 1 aromatic heterocycles. The van der Waals surface area contributed by atoms with Crippen molar-refractivity contribution in [2.75, 3.05) is 32.1 Å². The lowest BCUT2D eigenvalue weighted by Gasteiger charge is -2.33. The number of carbonyl (C=O) groups excluding carboxylic acids is 1. The molecule has 6 heteroatoms. The second kappa shape index (κ2) is 7.81. The second-order valence-electron chi connectivity index (χ2n) is 6.88. The molecule has 0 saturated carbocycles. The summed E-state index contributed by atoms with van der Waals surface area (Å²) >= 11 is 0. The van der Waals surface area contributed by atoms with E-state index in [0.717, 1.165) is 25.1 Å². The molecule has 1 aliphatic heterocycles. The average Bonchev–Trinajstić information content (AvgIpc) is 2.67. The molecule has 0 spiro atoms. The summed E-state index contributed by atoms with van der Waals surface area (Å²) in [5, 5.41) is 0. The Bertz CT molecular complexity index is 793. The molecule has 138 valence electrons. The van der Waals surface area contributed by atoms with Gasteiger partial charge in [-0.3, -0.25) is 4.79 Å². The molecule has 0 bridgehead atoms. The Morgan fingerprint density at radius 2 is 2.08 bits per heavy atom. The maximum absolute atomic E-state index is 14.4. The van der Waals surface area contributed by atoms with Crippen LogP contribution in [0.25, 0.3) is 11.1 Å². The van der Waals surface area contributed by atoms with Gasteiger partial charge in [-0.05, 0) is 18.9 Å². The van der Waals surface area contributed by atoms with Crippen molar-refractivity contribution < 1.29 is 9.18 Å². The van der Waals surface area contributed by atoms with Crippen molar-refractivity contribution in [1.82, 2.24) is 14.9 Å². The molecule has 0 radical (unpaired) electrons. The number of anilines is 1. The summed E-state index contributed by atoms with van der Waals surface area (Å²) in [5.41, 5.74) is 2.04. The molecule has 2 aromatic rings. The van der Waals surface area contributed by atoms with Crippen LogP contribution in [0, 0.1) is 5.82 Å². The van der Waals surface area contributed by atoms with Crippen LogP contribution < -0.4 is 4.90 Å². The fourth-order valence-corrected chi connectivity index (χ4v) is 3.45. The van der Waals surface area contributed by atoms with Crippen LogP contribution in [0.2, 0.25) is 0 Å². The van der Waals surface area contributed by atoms with Gasteiger partial charge < -0.3 is 9.80 Å². The molecule has 1 saturated heterocycles. The van der Waals surface area contributed by atoms with Gasteiger partial charge in [-0.25, -0.2) is 14.4 Å². The highest BCUT2D eigenvalue weighted by atomic mass is 19.1. The van der Waals surface area contributed by atoms with Crippen LogP contribution in [0.1, 0.15) is 37.8 Å². The van der Waals surface area contributed by atoms with Crippen LogP contribution in [-0.2, 0) is 4.79 Å². The molecule has 0 N–H and O–H groups in total. The highest BCUT2D eigenvalue weighted by molar-refractivity contribution is 5.76. The van der Waals surface area contributed by atoms with Gasteiger partial charge >= 0.3 is 0 Å². The lowest BCUT2D eigenvalue weighted by atomic mass is 9.89. The largest absolute Gasteiger partial charge is 0.347 e. The smallest absolute Gasteiger partial charge is 0.225 e. The molecule has 1 aromatic carbocycles. The number of halogens is 1. The maximum atomic E-state index is 14.4. The van der Waals surface area contributed by atoms with E-state index in [-0.39, 0.29) is 17.6 Å². The van der Waals surface area contributed by atoms with E-state index in [2.05, 4.69) is 4.98 Å². The van der Waals surface area contributed by atoms with E-state index in [1.54, 1.807) is 18.3 Å². The lowest BCUT2D eigenvalue weighted by molar-refractivity contribution is -0.132. The highest BCUT2D eigenvalue weighted by Gasteiger charge is 2.28. The van der Waals surface area contributed by atoms with E-state index in [1.807, 2.05) is 36.9 Å². The van der Waals surface area contributed by atoms with Gasteiger partial charge in [-0.15, -0.1) is 0 Å². The molecule has 1 atom stereocenters. The Balaban J connectivity index is 2.04. The number of carbonyl (C=O) groups is 1. The predicted molar refractivity (Wildman–Crippen MR) is 101 cm³/mol. The summed E-state index contributed by atoms with van der Waals surface area (Å²) in [5.74, 6) is 0.547. The Hall–Kier alpha value is -2.50. The van der Waals surface area contributed by atoms with Crippen LogP contribution >= 0.6 is 0 Å². The van der Waals surface area contributed by atoms with Gasteiger partial charge in [-0.1, -0.05) is 25.1 Å². The minimum atomic E-state index is -0.285. The number of piperidine rings is 1. The molecule has 2 heterocycles. The van der Waals surface area contributed by atoms with E-state index in [9.17, 15) is 9.18 Å². The first kappa shape index (κ1) is 18.3. The molecule has 1 fully saturated rings. The lowest BCUT2D eigenvalue weighted by Crippen LogP contribution is -2.39. The minimum absolute atomic E-state index is 0.0792. The maximum Gasteiger partial charge on any atom is 0.225 e. The number of hydrogen-bond donors (Lipinski definition) is 0. The summed E-state index contributed by atoms with van der Waals surface area (Å²) < 4.78 is 14.4. The molecule has 3 rings (SSSR count). The predicted octanol–water partition coefficient (Wildman–Crippen LogP) is 3.46. The molecule has 26 heavy (non-hydrogen) atoms. The van der Waals surface area contributed by atoms with Gasteiger partial charge in [0.2, 0.25) is 11.9 Å². The summed E-state index contributed by atoms with van der Waals surface area (Å²) in [7, 11) is 3.77. The summed E-state index contributed by atoms with van der Waals surface area (Å²) in [6.45, 7) is 3.29. The number of nitrogens with zero attached hydrogens (tertiary/aromatic N) is 4. The van der Waals surface area contributed by atoms with E-state index in [1.165, 1.54) is 6.07 Å². The van der Waals surface area contributed by atoms with Crippen LogP contribution in [-0.4, -0.2) is 48.0 Å². The molecular formula is C20H25FN4O. The first-order valence-corrected chi connectivity index (χ1v) is 9.08. The minimum Gasteiger partial charge on any atom is -0.347 e. The Labute approximate surface area is 153 Å². The van der Waals surface area contributed by atoms with Gasteiger partial charge in [-0.2, -0.15) is 0 Å². The number of aromatic nitrogens is 2. The van der Waals surface area contributed by atoms with E-state index in [0.29, 0.717) is 30.0 Å². The molecule has 1 amide bonds. The number of benzene rings is 1. The van der Waals surface area contributed by atoms with Gasteiger partial charge in [0.1, 0.15) is 5.82 Å². The third-order valence-corrected chi connectivity index (χ3v) is 4.83. The van der Waals surface area contributed by atoms with Crippen LogP contribution in [0.3, 0.4) is 0 Å². The van der Waals surface area contributed by atoms with E-state index in [4.69, 9.17) is 4.98 Å². The molecule has 1 aliphatic rings. The Kier molecular flexibility index (Phi) is 5.49. The monoisotopic (exact) mass is 356 g/mol. The fourth-order valence-electron chi connectivity index (χ4n) is 3.45. The standard InChI is InChI=1S/C20H25FN4O/c1-4-18(26)25-11-7-8-14(13-25)19-16(12-22-20(23-19)24(2)3)15-9-5-6-10-17(15)21/h5-6,9-10,12,14H,4,7-8,11,13H2,1-3H3. The molecule has 5 nitrogen and oxygen atoms in total. The molecule has 1 unspecified atom stereocenters. The van der Waals surface area contributed by atoms with Gasteiger partial charge in [0.25, 0.3) is 0 Å². The summed E-state index contributed by atoms with van der Waals surface area (Å²) in [6, 6.07) is 6.70. The van der Waals surface area contributed by atoms with Crippen molar-refractivity contribution in [3.05, 3.63) is 42.0 Å². The number of rotatable bonds is 4. The van der Waals surface area contributed by atoms with Crippen molar-refractivity contribution in [2.24, 2.45) is 0 Å². The first-order valence-electron chi connectivity index (χ1n) is 9.08. The molecule has 0 aliphatic carbocycles. The second-order valence-corrected chi connectivity index (χ2v) is 6.88. The van der Waals surface area contributed by atoms with Gasteiger partial charge in [0.15, 0.2) is 0 Å². The van der Waals surface area contributed by atoms with Gasteiger partial charge in [0, 0.05) is 56.8 Å². The van der Waals surface area contributed by atoms with Crippen molar-refractivity contribution in [3.8, 4) is 11.1 Å². The number of likely N-dealkylation sites (tertiary alicyclic amines) is 1. The van der Waals surface area contributed by atoms with Gasteiger partial charge in [0.05, 0.1) is 5.69 Å². The first-order chi connectivity index (χ1) is 12.5. The Morgan fingerprint density at radius 1 is 1.31 bits per heavy atom. The van der Waals surface area contributed by atoms with Crippen LogP contribution in [0.4, 0.5) is 10.3 Å². The summed E-state index contributed by atoms with van der Waals surface area (Å²) in [6.07, 6.45) is 4.06.